The van der Waals surface area contributed by atoms with Crippen LogP contribution in [0.3, 0.4) is 0 Å². The first-order valence-electron chi connectivity index (χ1n) is 6.86. The van der Waals surface area contributed by atoms with E-state index in [9.17, 15) is 8.42 Å². The molecular formula is C14H22N2O3S. The molecule has 6 heteroatoms. The molecule has 2 N–H and O–H groups in total. The third-order valence-electron chi connectivity index (χ3n) is 3.77. The maximum Gasteiger partial charge on any atom is 0.243 e. The van der Waals surface area contributed by atoms with Crippen molar-refractivity contribution in [1.29, 1.82) is 0 Å². The van der Waals surface area contributed by atoms with E-state index in [-0.39, 0.29) is 0 Å². The van der Waals surface area contributed by atoms with Gasteiger partial charge in [-0.05, 0) is 36.5 Å². The zero-order valence-corrected chi connectivity index (χ0v) is 12.6. The fraction of sp³-hybridized carbons (Fsp3) is 0.571. The average Bonchev–Trinajstić information content (AvgIpc) is 2.48. The van der Waals surface area contributed by atoms with Crippen LogP contribution >= 0.6 is 0 Å². The van der Waals surface area contributed by atoms with E-state index in [0.29, 0.717) is 37.1 Å². The molecule has 0 aliphatic carbocycles. The lowest BCUT2D eigenvalue weighted by Gasteiger charge is -2.30. The summed E-state index contributed by atoms with van der Waals surface area (Å²) in [6.45, 7) is 2.26. The van der Waals surface area contributed by atoms with E-state index in [1.807, 2.05) is 0 Å². The first kappa shape index (κ1) is 15.4. The quantitative estimate of drug-likeness (QED) is 0.886. The van der Waals surface area contributed by atoms with E-state index in [1.165, 1.54) is 0 Å². The van der Waals surface area contributed by atoms with Crippen LogP contribution in [0.15, 0.2) is 29.2 Å². The highest BCUT2D eigenvalue weighted by Gasteiger charge is 2.29. The Morgan fingerprint density at radius 1 is 1.25 bits per heavy atom. The van der Waals surface area contributed by atoms with E-state index < -0.39 is 10.0 Å². The maximum atomic E-state index is 12.5. The molecular weight excluding hydrogens is 276 g/mol. The Bertz CT molecular complexity index is 520. The van der Waals surface area contributed by atoms with Gasteiger partial charge in [0.2, 0.25) is 10.0 Å². The van der Waals surface area contributed by atoms with Gasteiger partial charge < -0.3 is 10.5 Å². The predicted molar refractivity (Wildman–Crippen MR) is 77.7 cm³/mol. The van der Waals surface area contributed by atoms with Crippen LogP contribution in [0, 0.1) is 5.92 Å². The Hall–Kier alpha value is -0.950. The molecule has 0 aromatic heterocycles. The molecule has 1 aliphatic rings. The SMILES string of the molecule is COCC1CCN(S(=O)(=O)c2ccc(CN)cc2)CC1. The third kappa shape index (κ3) is 3.38. The molecule has 0 radical (unpaired) electrons. The largest absolute Gasteiger partial charge is 0.384 e. The van der Waals surface area contributed by atoms with Crippen LogP contribution in [-0.4, -0.2) is 39.5 Å². The monoisotopic (exact) mass is 298 g/mol. The highest BCUT2D eigenvalue weighted by molar-refractivity contribution is 7.89. The number of ether oxygens (including phenoxy) is 1. The fourth-order valence-corrected chi connectivity index (χ4v) is 3.97. The number of hydrogen-bond acceptors (Lipinski definition) is 4. The standard InChI is InChI=1S/C14H22N2O3S/c1-19-11-13-6-8-16(9-7-13)20(17,18)14-4-2-12(10-15)3-5-14/h2-5,13H,6-11,15H2,1H3. The van der Waals surface area contributed by atoms with Gasteiger partial charge in [0.15, 0.2) is 0 Å². The molecule has 20 heavy (non-hydrogen) atoms. The Morgan fingerprint density at radius 3 is 2.35 bits per heavy atom. The number of methoxy groups -OCH3 is 1. The summed E-state index contributed by atoms with van der Waals surface area (Å²) in [7, 11) is -1.69. The van der Waals surface area contributed by atoms with Crippen LogP contribution in [0.5, 0.6) is 0 Å². The molecule has 1 saturated heterocycles. The van der Waals surface area contributed by atoms with E-state index in [4.69, 9.17) is 10.5 Å². The summed E-state index contributed by atoms with van der Waals surface area (Å²) in [5, 5.41) is 0. The smallest absolute Gasteiger partial charge is 0.243 e. The number of benzene rings is 1. The van der Waals surface area contributed by atoms with Gasteiger partial charge in [0.25, 0.3) is 0 Å². The lowest BCUT2D eigenvalue weighted by molar-refractivity contribution is 0.121. The molecule has 5 nitrogen and oxygen atoms in total. The third-order valence-corrected chi connectivity index (χ3v) is 5.69. The van der Waals surface area contributed by atoms with Crippen molar-refractivity contribution in [3.8, 4) is 0 Å². The van der Waals surface area contributed by atoms with Gasteiger partial charge in [0, 0.05) is 33.4 Å². The Kier molecular flexibility index (Phi) is 5.15. The summed E-state index contributed by atoms with van der Waals surface area (Å²) in [5.41, 5.74) is 6.46. The van der Waals surface area contributed by atoms with Gasteiger partial charge in [-0.25, -0.2) is 8.42 Å². The van der Waals surface area contributed by atoms with Crippen LogP contribution in [0.2, 0.25) is 0 Å². The second-order valence-corrected chi connectivity index (χ2v) is 7.09. The van der Waals surface area contributed by atoms with Crippen molar-refractivity contribution in [2.45, 2.75) is 24.3 Å². The highest BCUT2D eigenvalue weighted by Crippen LogP contribution is 2.24. The molecule has 1 aromatic rings. The molecule has 0 unspecified atom stereocenters. The van der Waals surface area contributed by atoms with E-state index in [1.54, 1.807) is 35.7 Å². The number of hydrogen-bond donors (Lipinski definition) is 1. The van der Waals surface area contributed by atoms with E-state index in [2.05, 4.69) is 0 Å². The normalized spacial score (nSPS) is 18.3. The van der Waals surface area contributed by atoms with Gasteiger partial charge in [0.1, 0.15) is 0 Å². The molecule has 0 saturated carbocycles. The van der Waals surface area contributed by atoms with Crippen molar-refractivity contribution in [1.82, 2.24) is 4.31 Å². The number of rotatable bonds is 5. The van der Waals surface area contributed by atoms with Gasteiger partial charge >= 0.3 is 0 Å². The van der Waals surface area contributed by atoms with Gasteiger partial charge in [-0.2, -0.15) is 4.31 Å². The molecule has 1 fully saturated rings. The second kappa shape index (κ2) is 6.67. The minimum absolute atomic E-state index is 0.347. The average molecular weight is 298 g/mol. The van der Waals surface area contributed by atoms with Crippen molar-refractivity contribution in [3.05, 3.63) is 29.8 Å². The van der Waals surface area contributed by atoms with Crippen molar-refractivity contribution < 1.29 is 13.2 Å². The number of piperidine rings is 1. The molecule has 2 rings (SSSR count). The van der Waals surface area contributed by atoms with E-state index in [0.717, 1.165) is 18.4 Å². The molecule has 0 amide bonds. The molecule has 0 bridgehead atoms. The fourth-order valence-electron chi connectivity index (χ4n) is 2.50. The number of sulfonamides is 1. The van der Waals surface area contributed by atoms with Crippen molar-refractivity contribution in [2.75, 3.05) is 26.8 Å². The van der Waals surface area contributed by atoms with Crippen LogP contribution in [0.4, 0.5) is 0 Å². The number of nitrogens with zero attached hydrogens (tertiary/aromatic N) is 1. The van der Waals surface area contributed by atoms with Crippen molar-refractivity contribution in [3.63, 3.8) is 0 Å². The van der Waals surface area contributed by atoms with Crippen molar-refractivity contribution in [2.24, 2.45) is 11.7 Å². The topological polar surface area (TPSA) is 72.6 Å². The molecule has 1 aromatic carbocycles. The lowest BCUT2D eigenvalue weighted by Crippen LogP contribution is -2.39. The minimum atomic E-state index is -3.37. The Morgan fingerprint density at radius 2 is 1.85 bits per heavy atom. The highest BCUT2D eigenvalue weighted by atomic mass is 32.2. The van der Waals surface area contributed by atoms with Gasteiger partial charge in [-0.1, -0.05) is 12.1 Å². The van der Waals surface area contributed by atoms with Crippen LogP contribution in [-0.2, 0) is 21.3 Å². The summed E-state index contributed by atoms with van der Waals surface area (Å²) >= 11 is 0. The zero-order valence-electron chi connectivity index (χ0n) is 11.8. The van der Waals surface area contributed by atoms with Crippen molar-refractivity contribution >= 4 is 10.0 Å². The van der Waals surface area contributed by atoms with Gasteiger partial charge in [-0.3, -0.25) is 0 Å². The molecule has 112 valence electrons. The minimum Gasteiger partial charge on any atom is -0.384 e. The second-order valence-electron chi connectivity index (χ2n) is 5.15. The first-order valence-corrected chi connectivity index (χ1v) is 8.30. The summed E-state index contributed by atoms with van der Waals surface area (Å²) in [6, 6.07) is 6.81. The molecule has 1 aliphatic heterocycles. The summed E-state index contributed by atoms with van der Waals surface area (Å²) in [6.07, 6.45) is 1.71. The molecule has 0 atom stereocenters. The van der Waals surface area contributed by atoms with Crippen LogP contribution in [0.25, 0.3) is 0 Å². The molecule has 0 spiro atoms. The summed E-state index contributed by atoms with van der Waals surface area (Å²) in [4.78, 5) is 0.347. The van der Waals surface area contributed by atoms with Crippen LogP contribution < -0.4 is 5.73 Å². The Labute approximate surface area is 120 Å². The zero-order chi connectivity index (χ0) is 14.6. The first-order chi connectivity index (χ1) is 9.57. The molecule has 1 heterocycles. The lowest BCUT2D eigenvalue weighted by atomic mass is 9.99. The maximum absolute atomic E-state index is 12.5. The van der Waals surface area contributed by atoms with Gasteiger partial charge in [0.05, 0.1) is 4.90 Å². The Balaban J connectivity index is 2.07. The van der Waals surface area contributed by atoms with Gasteiger partial charge in [-0.15, -0.1) is 0 Å². The van der Waals surface area contributed by atoms with E-state index >= 15 is 0 Å². The summed E-state index contributed by atoms with van der Waals surface area (Å²) < 4.78 is 31.7. The van der Waals surface area contributed by atoms with Crippen LogP contribution in [0.1, 0.15) is 18.4 Å². The number of nitrogens with two attached hydrogens (primary N) is 1. The predicted octanol–water partition coefficient (Wildman–Crippen LogP) is 1.19. The summed E-state index contributed by atoms with van der Waals surface area (Å²) in [5.74, 6) is 0.464.